The normalized spacial score (nSPS) is 27.2. The van der Waals surface area contributed by atoms with Crippen LogP contribution in [0.5, 0.6) is 0 Å². The number of nitrogens with zero attached hydrogens (tertiary/aromatic N) is 3. The predicted octanol–water partition coefficient (Wildman–Crippen LogP) is 5.32. The van der Waals surface area contributed by atoms with Gasteiger partial charge in [0.2, 0.25) is 12.0 Å². The molecule has 0 fully saturated rings. The maximum atomic E-state index is 13.3. The lowest BCUT2D eigenvalue weighted by Crippen LogP contribution is -2.68. The molecular formula is C20H29F3N3+. The molecule has 144 valence electrons. The van der Waals surface area contributed by atoms with Gasteiger partial charge in [0.25, 0.3) is 0 Å². The molecule has 0 N–H and O–H groups in total. The Morgan fingerprint density at radius 1 is 1.23 bits per heavy atom. The number of hydrogen-bond acceptors (Lipinski definition) is 2. The number of hydrazone groups is 1. The molecule has 0 saturated carbocycles. The summed E-state index contributed by atoms with van der Waals surface area (Å²) in [5, 5.41) is 6.71. The molecule has 0 saturated heterocycles. The monoisotopic (exact) mass is 368 g/mol. The molecule has 2 heterocycles. The van der Waals surface area contributed by atoms with Crippen molar-refractivity contribution in [1.82, 2.24) is 5.01 Å². The number of fused-ring (bicyclic) bond motifs is 3. The second-order valence-corrected chi connectivity index (χ2v) is 7.81. The van der Waals surface area contributed by atoms with Gasteiger partial charge < -0.3 is 0 Å². The van der Waals surface area contributed by atoms with E-state index in [0.29, 0.717) is 4.48 Å². The van der Waals surface area contributed by atoms with Crippen molar-refractivity contribution in [1.29, 1.82) is 0 Å². The van der Waals surface area contributed by atoms with Crippen LogP contribution in [0.2, 0.25) is 0 Å². The second-order valence-electron chi connectivity index (χ2n) is 7.81. The maximum absolute atomic E-state index is 13.3. The first-order valence-corrected chi connectivity index (χ1v) is 9.51. The quantitative estimate of drug-likeness (QED) is 0.656. The van der Waals surface area contributed by atoms with Crippen molar-refractivity contribution in [2.24, 2.45) is 5.10 Å². The Bertz CT molecular complexity index is 722. The predicted molar refractivity (Wildman–Crippen MR) is 97.5 cm³/mol. The number of alkyl halides is 3. The first-order chi connectivity index (χ1) is 12.1. The zero-order chi connectivity index (χ0) is 19.3. The summed E-state index contributed by atoms with van der Waals surface area (Å²) in [7, 11) is 4.08. The van der Waals surface area contributed by atoms with Crippen LogP contribution in [0.1, 0.15) is 69.3 Å². The Kier molecular flexibility index (Phi) is 4.62. The Morgan fingerprint density at radius 3 is 2.42 bits per heavy atom. The molecule has 0 amide bonds. The molecule has 3 rings (SSSR count). The largest absolute Gasteiger partial charge is 0.416 e. The summed E-state index contributed by atoms with van der Waals surface area (Å²) >= 11 is 0. The SMILES string of the molecule is CCCC1=NN(C)C2c3cc(C(F)(F)F)ccc3CC(CC)(CC)[N+]12C. The van der Waals surface area contributed by atoms with E-state index in [0.717, 1.165) is 49.1 Å². The molecule has 0 aliphatic carbocycles. The van der Waals surface area contributed by atoms with Crippen LogP contribution in [0.4, 0.5) is 13.2 Å². The minimum Gasteiger partial charge on any atom is -0.250 e. The second kappa shape index (κ2) is 6.25. The van der Waals surface area contributed by atoms with Gasteiger partial charge in [-0.05, 0) is 24.1 Å². The molecule has 26 heavy (non-hydrogen) atoms. The van der Waals surface area contributed by atoms with Gasteiger partial charge in [-0.2, -0.15) is 13.2 Å². The minimum absolute atomic E-state index is 0.0455. The molecule has 1 aromatic rings. The minimum atomic E-state index is -4.33. The molecule has 0 bridgehead atoms. The molecule has 0 spiro atoms. The number of benzene rings is 1. The van der Waals surface area contributed by atoms with Crippen LogP contribution in [0.3, 0.4) is 0 Å². The highest BCUT2D eigenvalue weighted by Gasteiger charge is 2.62. The topological polar surface area (TPSA) is 15.6 Å². The summed E-state index contributed by atoms with van der Waals surface area (Å²) in [5.41, 5.74) is 1.19. The van der Waals surface area contributed by atoms with Gasteiger partial charge in [-0.3, -0.25) is 0 Å². The summed E-state index contributed by atoms with van der Waals surface area (Å²) in [6, 6.07) is 4.27. The highest BCUT2D eigenvalue weighted by Crippen LogP contribution is 2.53. The number of hydrogen-bond donors (Lipinski definition) is 0. The van der Waals surface area contributed by atoms with Crippen LogP contribution < -0.4 is 0 Å². The number of likely N-dealkylation sites (N-methyl/N-ethyl adjacent to an activating group) is 1. The summed E-state index contributed by atoms with van der Waals surface area (Å²) in [4.78, 5) is 0. The molecular weight excluding hydrogens is 339 g/mol. The van der Waals surface area contributed by atoms with Crippen LogP contribution >= 0.6 is 0 Å². The third-order valence-electron chi connectivity index (χ3n) is 6.70. The van der Waals surface area contributed by atoms with Crippen LogP contribution in [0, 0.1) is 0 Å². The van der Waals surface area contributed by atoms with E-state index in [2.05, 4.69) is 27.8 Å². The maximum Gasteiger partial charge on any atom is 0.416 e. The fourth-order valence-electron chi connectivity index (χ4n) is 5.17. The summed E-state index contributed by atoms with van der Waals surface area (Å²) in [5.74, 6) is 1.09. The molecule has 3 nitrogen and oxygen atoms in total. The first-order valence-electron chi connectivity index (χ1n) is 9.51. The van der Waals surface area contributed by atoms with Gasteiger partial charge in [-0.25, -0.2) is 9.49 Å². The summed E-state index contributed by atoms with van der Waals surface area (Å²) in [6.07, 6.45) is 0.0484. The molecule has 0 radical (unpaired) electrons. The zero-order valence-electron chi connectivity index (χ0n) is 16.3. The molecule has 2 aliphatic rings. The van der Waals surface area contributed by atoms with Gasteiger partial charge in [0.1, 0.15) is 5.54 Å². The van der Waals surface area contributed by atoms with Gasteiger partial charge in [-0.1, -0.05) is 26.8 Å². The van der Waals surface area contributed by atoms with E-state index in [-0.39, 0.29) is 11.7 Å². The van der Waals surface area contributed by atoms with Crippen molar-refractivity contribution < 1.29 is 17.7 Å². The van der Waals surface area contributed by atoms with E-state index in [9.17, 15) is 13.2 Å². The zero-order valence-corrected chi connectivity index (χ0v) is 16.3. The first kappa shape index (κ1) is 19.2. The van der Waals surface area contributed by atoms with Crippen molar-refractivity contribution in [3.8, 4) is 0 Å². The lowest BCUT2D eigenvalue weighted by atomic mass is 9.74. The number of rotatable bonds is 4. The van der Waals surface area contributed by atoms with Gasteiger partial charge >= 0.3 is 6.18 Å². The van der Waals surface area contributed by atoms with Crippen LogP contribution in [0.15, 0.2) is 23.3 Å². The summed E-state index contributed by atoms with van der Waals surface area (Å²) in [6.45, 7) is 6.52. The van der Waals surface area contributed by atoms with Gasteiger partial charge in [-0.15, -0.1) is 5.10 Å². The van der Waals surface area contributed by atoms with Gasteiger partial charge in [0.15, 0.2) is 0 Å². The number of halogens is 3. The average molecular weight is 368 g/mol. The third kappa shape index (κ3) is 2.48. The molecule has 2 unspecified atom stereocenters. The van der Waals surface area contributed by atoms with Crippen molar-refractivity contribution in [2.45, 2.75) is 70.8 Å². The Morgan fingerprint density at radius 2 is 1.88 bits per heavy atom. The van der Waals surface area contributed by atoms with E-state index in [1.165, 1.54) is 12.1 Å². The van der Waals surface area contributed by atoms with Gasteiger partial charge in [0, 0.05) is 38.3 Å². The standard InChI is InChI=1S/C20H29F3N3/c1-6-9-17-24-25(4)18-16-12-15(20(21,22)23)11-10-14(16)13-19(7-2,8-3)26(17,18)5/h10-12,18H,6-9,13H2,1-5H3/q+1. The highest BCUT2D eigenvalue weighted by molar-refractivity contribution is 5.77. The van der Waals surface area contributed by atoms with E-state index in [4.69, 9.17) is 5.10 Å². The Labute approximate surface area is 154 Å². The number of amidine groups is 1. The van der Waals surface area contributed by atoms with Gasteiger partial charge in [0.05, 0.1) is 12.6 Å². The van der Waals surface area contributed by atoms with E-state index in [1.807, 2.05) is 12.1 Å². The van der Waals surface area contributed by atoms with Crippen LogP contribution in [-0.2, 0) is 12.6 Å². The van der Waals surface area contributed by atoms with Crippen molar-refractivity contribution >= 4 is 5.84 Å². The third-order valence-corrected chi connectivity index (χ3v) is 6.70. The molecule has 2 aliphatic heterocycles. The highest BCUT2D eigenvalue weighted by atomic mass is 19.4. The average Bonchev–Trinajstić information content (AvgIpc) is 2.85. The fraction of sp³-hybridized carbons (Fsp3) is 0.650. The lowest BCUT2D eigenvalue weighted by Gasteiger charge is -2.55. The lowest BCUT2D eigenvalue weighted by molar-refractivity contribution is -0.916. The number of quaternary nitrogens is 1. The Hall–Kier alpha value is -1.56. The van der Waals surface area contributed by atoms with Crippen molar-refractivity contribution in [3.05, 3.63) is 34.9 Å². The molecule has 1 aromatic carbocycles. The molecule has 6 heteroatoms. The van der Waals surface area contributed by atoms with E-state index >= 15 is 0 Å². The van der Waals surface area contributed by atoms with Crippen molar-refractivity contribution in [2.75, 3.05) is 14.1 Å². The molecule has 2 atom stereocenters. The van der Waals surface area contributed by atoms with Crippen LogP contribution in [0.25, 0.3) is 0 Å². The fourth-order valence-corrected chi connectivity index (χ4v) is 5.17. The van der Waals surface area contributed by atoms with E-state index in [1.54, 1.807) is 6.07 Å². The summed E-state index contributed by atoms with van der Waals surface area (Å²) < 4.78 is 40.6. The van der Waals surface area contributed by atoms with E-state index < -0.39 is 11.7 Å². The molecule has 0 aromatic heterocycles. The van der Waals surface area contributed by atoms with Crippen LogP contribution in [-0.4, -0.2) is 35.0 Å². The smallest absolute Gasteiger partial charge is 0.250 e. The Balaban J connectivity index is 2.23. The van der Waals surface area contributed by atoms with Crippen molar-refractivity contribution in [3.63, 3.8) is 0 Å².